The van der Waals surface area contributed by atoms with E-state index in [-0.39, 0.29) is 11.8 Å². The van der Waals surface area contributed by atoms with Crippen molar-refractivity contribution in [2.75, 3.05) is 38.5 Å². The van der Waals surface area contributed by atoms with Crippen LogP contribution in [0.15, 0.2) is 48.8 Å². The highest BCUT2D eigenvalue weighted by Gasteiger charge is 2.24. The third-order valence-corrected chi connectivity index (χ3v) is 4.23. The highest BCUT2D eigenvalue weighted by Crippen LogP contribution is 2.18. The number of aromatic nitrogens is 1. The Morgan fingerprint density at radius 3 is 2.58 bits per heavy atom. The van der Waals surface area contributed by atoms with Gasteiger partial charge in [0.25, 0.3) is 11.8 Å². The molecule has 0 atom stereocenters. The minimum absolute atomic E-state index is 0.0374. The Morgan fingerprint density at radius 1 is 1.12 bits per heavy atom. The second-order valence-corrected chi connectivity index (χ2v) is 5.99. The summed E-state index contributed by atoms with van der Waals surface area (Å²) in [5.41, 5.74) is 1.51. The van der Waals surface area contributed by atoms with Crippen molar-refractivity contribution < 1.29 is 14.5 Å². The van der Waals surface area contributed by atoms with Gasteiger partial charge in [-0.3, -0.25) is 14.6 Å². The van der Waals surface area contributed by atoms with Gasteiger partial charge in [-0.05, 0) is 24.3 Å². The van der Waals surface area contributed by atoms with Crippen molar-refractivity contribution >= 4 is 17.5 Å². The van der Waals surface area contributed by atoms with Gasteiger partial charge in [0.2, 0.25) is 0 Å². The van der Waals surface area contributed by atoms with Gasteiger partial charge in [-0.25, -0.2) is 0 Å². The number of piperazine rings is 1. The number of para-hydroxylation sites is 1. The van der Waals surface area contributed by atoms with Gasteiger partial charge in [-0.2, -0.15) is 0 Å². The van der Waals surface area contributed by atoms with E-state index in [4.69, 9.17) is 0 Å². The summed E-state index contributed by atoms with van der Waals surface area (Å²) in [5.74, 6) is -0.309. The second-order valence-electron chi connectivity index (χ2n) is 5.99. The SMILES string of the molecule is C[NH+]1CCN(C(=O)c2ccccc2NC(=O)c2cccnc2)CC1. The first kappa shape index (κ1) is 16.1. The number of hydrogen-bond donors (Lipinski definition) is 2. The molecule has 2 heterocycles. The zero-order valence-electron chi connectivity index (χ0n) is 13.7. The summed E-state index contributed by atoms with van der Waals surface area (Å²) in [6.07, 6.45) is 3.12. The van der Waals surface area contributed by atoms with Crippen molar-refractivity contribution in [3.8, 4) is 0 Å². The van der Waals surface area contributed by atoms with Gasteiger partial charge < -0.3 is 15.1 Å². The van der Waals surface area contributed by atoms with E-state index >= 15 is 0 Å². The van der Waals surface area contributed by atoms with E-state index in [2.05, 4.69) is 17.3 Å². The zero-order chi connectivity index (χ0) is 16.9. The maximum absolute atomic E-state index is 12.8. The molecule has 2 N–H and O–H groups in total. The smallest absolute Gasteiger partial charge is 0.257 e. The summed E-state index contributed by atoms with van der Waals surface area (Å²) in [4.78, 5) is 32.4. The fraction of sp³-hybridized carbons (Fsp3) is 0.278. The van der Waals surface area contributed by atoms with Crippen molar-refractivity contribution in [2.45, 2.75) is 0 Å². The molecule has 3 rings (SSSR count). The number of pyridine rings is 1. The molecule has 2 amide bonds. The molecule has 0 saturated carbocycles. The highest BCUT2D eigenvalue weighted by atomic mass is 16.2. The average molecular weight is 325 g/mol. The van der Waals surface area contributed by atoms with Crippen LogP contribution in [0.4, 0.5) is 5.69 Å². The van der Waals surface area contributed by atoms with Crippen LogP contribution in [-0.4, -0.2) is 54.9 Å². The summed E-state index contributed by atoms with van der Waals surface area (Å²) >= 11 is 0. The predicted molar refractivity (Wildman–Crippen MR) is 91.2 cm³/mol. The maximum Gasteiger partial charge on any atom is 0.257 e. The second kappa shape index (κ2) is 7.23. The van der Waals surface area contributed by atoms with Crippen molar-refractivity contribution in [1.29, 1.82) is 0 Å². The van der Waals surface area contributed by atoms with Crippen molar-refractivity contribution in [3.63, 3.8) is 0 Å². The zero-order valence-corrected chi connectivity index (χ0v) is 13.7. The van der Waals surface area contributed by atoms with Crippen LogP contribution in [0.1, 0.15) is 20.7 Å². The Kier molecular flexibility index (Phi) is 4.86. The molecule has 1 aromatic carbocycles. The van der Waals surface area contributed by atoms with Crippen LogP contribution in [0.5, 0.6) is 0 Å². The van der Waals surface area contributed by atoms with Gasteiger partial charge in [0.15, 0.2) is 0 Å². The lowest BCUT2D eigenvalue weighted by molar-refractivity contribution is -0.883. The number of carbonyl (C=O) groups is 2. The highest BCUT2D eigenvalue weighted by molar-refractivity contribution is 6.08. The van der Waals surface area contributed by atoms with Gasteiger partial charge in [-0.15, -0.1) is 0 Å². The lowest BCUT2D eigenvalue weighted by atomic mass is 10.1. The number of benzene rings is 1. The Hall–Kier alpha value is -2.73. The number of carbonyl (C=O) groups excluding carboxylic acids is 2. The largest absolute Gasteiger partial charge is 0.334 e. The molecule has 0 radical (unpaired) electrons. The summed E-state index contributed by atoms with van der Waals surface area (Å²) in [6.45, 7) is 3.34. The lowest BCUT2D eigenvalue weighted by Gasteiger charge is -2.30. The molecule has 0 spiro atoms. The predicted octanol–water partition coefficient (Wildman–Crippen LogP) is 0.304. The van der Waals surface area contributed by atoms with E-state index in [1.807, 2.05) is 17.0 Å². The van der Waals surface area contributed by atoms with E-state index in [1.165, 1.54) is 11.1 Å². The number of nitrogens with one attached hydrogen (secondary N) is 2. The van der Waals surface area contributed by atoms with Crippen LogP contribution >= 0.6 is 0 Å². The molecule has 6 heteroatoms. The number of quaternary nitrogens is 1. The van der Waals surface area contributed by atoms with E-state index in [9.17, 15) is 9.59 Å². The third kappa shape index (κ3) is 3.60. The molecule has 1 saturated heterocycles. The van der Waals surface area contributed by atoms with Gasteiger partial charge in [-0.1, -0.05) is 12.1 Å². The molecular weight excluding hydrogens is 304 g/mol. The number of nitrogens with zero attached hydrogens (tertiary/aromatic N) is 2. The molecule has 1 aliphatic heterocycles. The van der Waals surface area contributed by atoms with Crippen LogP contribution in [0.25, 0.3) is 0 Å². The molecule has 24 heavy (non-hydrogen) atoms. The molecule has 0 aliphatic carbocycles. The van der Waals surface area contributed by atoms with Crippen molar-refractivity contribution in [1.82, 2.24) is 9.88 Å². The van der Waals surface area contributed by atoms with E-state index in [0.717, 1.165) is 26.2 Å². The van der Waals surface area contributed by atoms with Gasteiger partial charge in [0.05, 0.1) is 50.0 Å². The monoisotopic (exact) mass is 325 g/mol. The van der Waals surface area contributed by atoms with Crippen LogP contribution < -0.4 is 10.2 Å². The summed E-state index contributed by atoms with van der Waals surface area (Å²) in [6, 6.07) is 10.5. The minimum Gasteiger partial charge on any atom is -0.334 e. The van der Waals surface area contributed by atoms with Crippen molar-refractivity contribution in [3.05, 3.63) is 59.9 Å². The Balaban J connectivity index is 1.78. The summed E-state index contributed by atoms with van der Waals surface area (Å²) in [5, 5.41) is 2.82. The van der Waals surface area contributed by atoms with E-state index in [1.54, 1.807) is 30.5 Å². The lowest BCUT2D eigenvalue weighted by Crippen LogP contribution is -3.12. The van der Waals surface area contributed by atoms with Gasteiger partial charge >= 0.3 is 0 Å². The molecule has 0 bridgehead atoms. The number of likely N-dealkylation sites (N-methyl/N-ethyl adjacent to an activating group) is 1. The Bertz CT molecular complexity index is 725. The van der Waals surface area contributed by atoms with E-state index in [0.29, 0.717) is 16.8 Å². The van der Waals surface area contributed by atoms with Gasteiger partial charge in [0.1, 0.15) is 0 Å². The average Bonchev–Trinajstić information content (AvgIpc) is 2.63. The quantitative estimate of drug-likeness (QED) is 0.853. The number of amides is 2. The molecule has 1 fully saturated rings. The standard InChI is InChI=1S/C18H20N4O2/c1-21-9-11-22(12-10-21)18(24)15-6-2-3-7-16(15)20-17(23)14-5-4-8-19-13-14/h2-8,13H,9-12H2,1H3,(H,20,23)/p+1. The van der Waals surface area contributed by atoms with Gasteiger partial charge in [0, 0.05) is 12.4 Å². The summed E-state index contributed by atoms with van der Waals surface area (Å²) in [7, 11) is 2.13. The Labute approximate surface area is 141 Å². The first-order valence-corrected chi connectivity index (χ1v) is 8.06. The molecule has 124 valence electrons. The van der Waals surface area contributed by atoms with Crippen LogP contribution in [-0.2, 0) is 0 Å². The molecule has 6 nitrogen and oxygen atoms in total. The minimum atomic E-state index is -0.272. The molecule has 0 unspecified atom stereocenters. The Morgan fingerprint density at radius 2 is 1.88 bits per heavy atom. The first-order chi connectivity index (χ1) is 11.6. The number of anilines is 1. The first-order valence-electron chi connectivity index (χ1n) is 8.06. The summed E-state index contributed by atoms with van der Waals surface area (Å²) < 4.78 is 0. The normalized spacial score (nSPS) is 15.1. The fourth-order valence-corrected chi connectivity index (χ4v) is 2.73. The molecule has 2 aromatic rings. The van der Waals surface area contributed by atoms with E-state index < -0.39 is 0 Å². The number of rotatable bonds is 3. The van der Waals surface area contributed by atoms with Crippen molar-refractivity contribution in [2.24, 2.45) is 0 Å². The fourth-order valence-electron chi connectivity index (χ4n) is 2.73. The molecular formula is C18H21N4O2+. The number of hydrogen-bond acceptors (Lipinski definition) is 3. The molecule has 1 aliphatic rings. The molecule has 1 aromatic heterocycles. The maximum atomic E-state index is 12.8. The van der Waals surface area contributed by atoms with Crippen LogP contribution in [0.2, 0.25) is 0 Å². The topological polar surface area (TPSA) is 66.7 Å². The van der Waals surface area contributed by atoms with Crippen LogP contribution in [0.3, 0.4) is 0 Å². The van der Waals surface area contributed by atoms with Crippen LogP contribution in [0, 0.1) is 0 Å². The third-order valence-electron chi connectivity index (χ3n) is 4.23.